The maximum Gasteiger partial charge on any atom is 0.00733 e. The van der Waals surface area contributed by atoms with Crippen molar-refractivity contribution in [2.75, 3.05) is 0 Å². The summed E-state index contributed by atoms with van der Waals surface area (Å²) in [6.07, 6.45) is 5.51. The van der Waals surface area contributed by atoms with Gasteiger partial charge in [-0.2, -0.15) is 0 Å². The zero-order valence-electron chi connectivity index (χ0n) is 7.76. The molecule has 0 amide bonds. The van der Waals surface area contributed by atoms with Crippen LogP contribution in [0.25, 0.3) is 0 Å². The average molecular weight is 178 g/mol. The second kappa shape index (κ2) is 8.09. The van der Waals surface area contributed by atoms with E-state index in [1.54, 1.807) is 0 Å². The van der Waals surface area contributed by atoms with Crippen LogP contribution in [0.4, 0.5) is 0 Å². The summed E-state index contributed by atoms with van der Waals surface area (Å²) in [7, 11) is 0. The molecule has 0 rings (SSSR count). The summed E-state index contributed by atoms with van der Waals surface area (Å²) < 4.78 is 0. The molecule has 1 nitrogen and oxygen atoms in total. The predicted octanol–water partition coefficient (Wildman–Crippen LogP) is 2.89. The van der Waals surface area contributed by atoms with Gasteiger partial charge in [-0.3, -0.25) is 0 Å². The number of halogens is 1. The highest BCUT2D eigenvalue weighted by Crippen LogP contribution is 2.05. The highest BCUT2D eigenvalue weighted by molar-refractivity contribution is 5.85. The van der Waals surface area contributed by atoms with E-state index in [4.69, 9.17) is 5.73 Å². The Labute approximate surface area is 76.5 Å². The summed E-state index contributed by atoms with van der Waals surface area (Å²) in [6, 6.07) is 0.364. The smallest absolute Gasteiger partial charge is 0.00733 e. The van der Waals surface area contributed by atoms with Crippen molar-refractivity contribution in [2.45, 2.75) is 46.1 Å². The molecule has 0 aliphatic rings. The molecule has 2 N–H and O–H groups in total. The fourth-order valence-corrected chi connectivity index (χ4v) is 0.990. The molecule has 0 radical (unpaired) electrons. The third-order valence-corrected chi connectivity index (χ3v) is 1.66. The van der Waals surface area contributed by atoms with Gasteiger partial charge in [-0.15, -0.1) is 12.4 Å². The first-order valence-electron chi connectivity index (χ1n) is 4.11. The largest absolute Gasteiger partial charge is 0.327 e. The lowest BCUT2D eigenvalue weighted by molar-refractivity contribution is 0.641. The Kier molecular flexibility index (Phi) is 9.98. The summed E-state index contributed by atoms with van der Waals surface area (Å²) in [5.74, 6) is 0. The first kappa shape index (κ1) is 13.6. The predicted molar refractivity (Wildman–Crippen MR) is 54.2 cm³/mol. The van der Waals surface area contributed by atoms with E-state index in [-0.39, 0.29) is 12.4 Å². The molecule has 1 atom stereocenters. The van der Waals surface area contributed by atoms with E-state index in [1.165, 1.54) is 5.57 Å². The van der Waals surface area contributed by atoms with Crippen molar-refractivity contribution in [2.24, 2.45) is 5.73 Å². The van der Waals surface area contributed by atoms with Crippen LogP contribution in [-0.4, -0.2) is 6.04 Å². The summed E-state index contributed by atoms with van der Waals surface area (Å²) >= 11 is 0. The van der Waals surface area contributed by atoms with Crippen molar-refractivity contribution in [1.82, 2.24) is 0 Å². The van der Waals surface area contributed by atoms with E-state index in [0.29, 0.717) is 6.04 Å². The van der Waals surface area contributed by atoms with Crippen LogP contribution in [0.15, 0.2) is 11.6 Å². The van der Waals surface area contributed by atoms with Crippen LogP contribution < -0.4 is 5.73 Å². The molecule has 0 heterocycles. The Morgan fingerprint density at radius 1 is 1.45 bits per heavy atom. The minimum atomic E-state index is 0. The molecule has 1 unspecified atom stereocenters. The van der Waals surface area contributed by atoms with Gasteiger partial charge >= 0.3 is 0 Å². The number of nitrogens with two attached hydrogens (primary N) is 1. The quantitative estimate of drug-likeness (QED) is 0.657. The Morgan fingerprint density at radius 3 is 2.36 bits per heavy atom. The molecule has 0 aromatic rings. The van der Waals surface area contributed by atoms with Crippen molar-refractivity contribution >= 4 is 12.4 Å². The summed E-state index contributed by atoms with van der Waals surface area (Å²) in [4.78, 5) is 0. The van der Waals surface area contributed by atoms with Crippen LogP contribution in [-0.2, 0) is 0 Å². The van der Waals surface area contributed by atoms with Gasteiger partial charge in [-0.25, -0.2) is 0 Å². The molecule has 0 aromatic carbocycles. The molecule has 0 spiro atoms. The lowest BCUT2D eigenvalue weighted by Crippen LogP contribution is -2.18. The highest BCUT2D eigenvalue weighted by atomic mass is 35.5. The van der Waals surface area contributed by atoms with Crippen molar-refractivity contribution in [3.8, 4) is 0 Å². The van der Waals surface area contributed by atoms with Crippen molar-refractivity contribution in [3.63, 3.8) is 0 Å². The van der Waals surface area contributed by atoms with Crippen molar-refractivity contribution in [3.05, 3.63) is 11.6 Å². The topological polar surface area (TPSA) is 26.0 Å². The maximum absolute atomic E-state index is 5.76. The van der Waals surface area contributed by atoms with Crippen molar-refractivity contribution < 1.29 is 0 Å². The van der Waals surface area contributed by atoms with E-state index in [9.17, 15) is 0 Å². The molecule has 0 aromatic heterocycles. The van der Waals surface area contributed by atoms with E-state index < -0.39 is 0 Å². The molecular formula is C9H20ClN. The molecule has 0 aliphatic carbocycles. The van der Waals surface area contributed by atoms with Gasteiger partial charge in [0.05, 0.1) is 0 Å². The second-order valence-corrected chi connectivity index (χ2v) is 2.83. The van der Waals surface area contributed by atoms with E-state index >= 15 is 0 Å². The zero-order valence-corrected chi connectivity index (χ0v) is 8.58. The standard InChI is InChI=1S/C9H19N.ClH/c1-4-6-8(3)7-9(10)5-2;/h6,9H,4-5,7,10H2,1-3H3;1H/b8-6+;. The fraction of sp³-hybridized carbons (Fsp3) is 0.778. The summed E-state index contributed by atoms with van der Waals surface area (Å²) in [5, 5.41) is 0. The van der Waals surface area contributed by atoms with Crippen LogP contribution in [0.1, 0.15) is 40.0 Å². The van der Waals surface area contributed by atoms with Gasteiger partial charge in [0.2, 0.25) is 0 Å². The average Bonchev–Trinajstić information content (AvgIpc) is 1.88. The normalized spacial score (nSPS) is 14.0. The SMILES string of the molecule is CC/C=C(\C)CC(N)CC.Cl. The van der Waals surface area contributed by atoms with E-state index in [2.05, 4.69) is 26.8 Å². The third-order valence-electron chi connectivity index (χ3n) is 1.66. The lowest BCUT2D eigenvalue weighted by atomic mass is 10.1. The van der Waals surface area contributed by atoms with Gasteiger partial charge in [0.25, 0.3) is 0 Å². The van der Waals surface area contributed by atoms with Crippen LogP contribution in [0.2, 0.25) is 0 Å². The molecule has 0 saturated carbocycles. The number of hydrogen-bond donors (Lipinski definition) is 1. The highest BCUT2D eigenvalue weighted by Gasteiger charge is 1.98. The number of allylic oxidation sites excluding steroid dienone is 1. The van der Waals surface area contributed by atoms with E-state index in [0.717, 1.165) is 19.3 Å². The third kappa shape index (κ3) is 7.89. The maximum atomic E-state index is 5.76. The van der Waals surface area contributed by atoms with Gasteiger partial charge in [-0.1, -0.05) is 25.5 Å². The molecule has 68 valence electrons. The minimum Gasteiger partial charge on any atom is -0.327 e. The Morgan fingerprint density at radius 2 is 2.00 bits per heavy atom. The molecular weight excluding hydrogens is 158 g/mol. The Bertz CT molecular complexity index is 110. The van der Waals surface area contributed by atoms with Gasteiger partial charge < -0.3 is 5.73 Å². The van der Waals surface area contributed by atoms with Gasteiger partial charge in [0.1, 0.15) is 0 Å². The van der Waals surface area contributed by atoms with Gasteiger partial charge in [0.15, 0.2) is 0 Å². The fourth-order valence-electron chi connectivity index (χ4n) is 0.990. The van der Waals surface area contributed by atoms with Crippen LogP contribution in [0.5, 0.6) is 0 Å². The van der Waals surface area contributed by atoms with Gasteiger partial charge in [0, 0.05) is 6.04 Å². The molecule has 0 bridgehead atoms. The summed E-state index contributed by atoms with van der Waals surface area (Å²) in [6.45, 7) is 6.43. The summed E-state index contributed by atoms with van der Waals surface area (Å²) in [5.41, 5.74) is 7.19. The van der Waals surface area contributed by atoms with Crippen LogP contribution in [0, 0.1) is 0 Å². The van der Waals surface area contributed by atoms with Crippen LogP contribution >= 0.6 is 12.4 Å². The first-order chi connectivity index (χ1) is 4.70. The lowest BCUT2D eigenvalue weighted by Gasteiger charge is -2.07. The molecule has 2 heteroatoms. The Hall–Kier alpha value is -0.0100. The Balaban J connectivity index is 0. The van der Waals surface area contributed by atoms with E-state index in [1.807, 2.05) is 0 Å². The second-order valence-electron chi connectivity index (χ2n) is 2.83. The van der Waals surface area contributed by atoms with Crippen molar-refractivity contribution in [1.29, 1.82) is 0 Å². The number of hydrogen-bond acceptors (Lipinski definition) is 1. The zero-order chi connectivity index (χ0) is 7.98. The monoisotopic (exact) mass is 177 g/mol. The number of rotatable bonds is 4. The minimum absolute atomic E-state index is 0. The molecule has 0 fully saturated rings. The molecule has 11 heavy (non-hydrogen) atoms. The molecule has 0 aliphatic heterocycles. The van der Waals surface area contributed by atoms with Gasteiger partial charge in [-0.05, 0) is 26.2 Å². The van der Waals surface area contributed by atoms with Crippen LogP contribution in [0.3, 0.4) is 0 Å². The first-order valence-corrected chi connectivity index (χ1v) is 4.11. The molecule has 0 saturated heterocycles.